The molecule has 2 aromatic rings. The molecule has 0 spiro atoms. The highest BCUT2D eigenvalue weighted by atomic mass is 35.5. The molecule has 0 atom stereocenters. The summed E-state index contributed by atoms with van der Waals surface area (Å²) in [7, 11) is 0. The maximum atomic E-state index is 12.1. The molecule has 1 aromatic heterocycles. The average Bonchev–Trinajstić information content (AvgIpc) is 2.67. The molecule has 0 amide bonds. The molecule has 1 fully saturated rings. The van der Waals surface area contributed by atoms with E-state index in [0.29, 0.717) is 34.6 Å². The number of esters is 1. The molecule has 1 aliphatic heterocycles. The highest BCUT2D eigenvalue weighted by Crippen LogP contribution is 2.27. The van der Waals surface area contributed by atoms with Crippen molar-refractivity contribution >= 4 is 35.0 Å². The highest BCUT2D eigenvalue weighted by Gasteiger charge is 2.14. The molecule has 138 valence electrons. The minimum absolute atomic E-state index is 0.100. The van der Waals surface area contributed by atoms with Crippen molar-refractivity contribution in [2.75, 3.05) is 44.4 Å². The first kappa shape index (κ1) is 18.8. The smallest absolute Gasteiger partial charge is 0.339 e. The van der Waals surface area contributed by atoms with Gasteiger partial charge in [0, 0.05) is 24.3 Å². The molecule has 1 aliphatic rings. The van der Waals surface area contributed by atoms with Crippen molar-refractivity contribution in [2.24, 2.45) is 0 Å². The third-order valence-electron chi connectivity index (χ3n) is 3.79. The first-order chi connectivity index (χ1) is 12.6. The van der Waals surface area contributed by atoms with Crippen LogP contribution in [-0.4, -0.2) is 50.5 Å². The van der Waals surface area contributed by atoms with Crippen LogP contribution in [0.2, 0.25) is 10.0 Å². The molecule has 6 nitrogen and oxygen atoms in total. The summed E-state index contributed by atoms with van der Waals surface area (Å²) in [4.78, 5) is 18.5. The fourth-order valence-electron chi connectivity index (χ4n) is 2.45. The number of nitrogens with zero attached hydrogens (tertiary/aromatic N) is 2. The SMILES string of the molecule is O=C(OCCOc1ccc(Cl)cc1Cl)c1ccc(N2CCOCC2)nc1. The molecular weight excluding hydrogens is 379 g/mol. The zero-order valence-electron chi connectivity index (χ0n) is 14.0. The zero-order valence-corrected chi connectivity index (χ0v) is 15.5. The van der Waals surface area contributed by atoms with E-state index >= 15 is 0 Å². The van der Waals surface area contributed by atoms with Crippen LogP contribution in [0.15, 0.2) is 36.5 Å². The van der Waals surface area contributed by atoms with E-state index in [1.165, 1.54) is 6.20 Å². The summed E-state index contributed by atoms with van der Waals surface area (Å²) in [6.45, 7) is 3.24. The maximum Gasteiger partial charge on any atom is 0.339 e. The molecule has 1 aromatic carbocycles. The summed E-state index contributed by atoms with van der Waals surface area (Å²) >= 11 is 11.8. The number of anilines is 1. The van der Waals surface area contributed by atoms with Gasteiger partial charge in [-0.3, -0.25) is 0 Å². The van der Waals surface area contributed by atoms with E-state index in [-0.39, 0.29) is 13.2 Å². The Morgan fingerprint density at radius 3 is 2.65 bits per heavy atom. The van der Waals surface area contributed by atoms with Crippen molar-refractivity contribution < 1.29 is 19.0 Å². The number of benzene rings is 1. The Hall–Kier alpha value is -2.02. The quantitative estimate of drug-likeness (QED) is 0.550. The second kappa shape index (κ2) is 9.07. The molecule has 26 heavy (non-hydrogen) atoms. The third kappa shape index (κ3) is 5.00. The summed E-state index contributed by atoms with van der Waals surface area (Å²) in [5.74, 6) is 0.867. The second-order valence-electron chi connectivity index (χ2n) is 5.56. The minimum Gasteiger partial charge on any atom is -0.488 e. The number of hydrogen-bond acceptors (Lipinski definition) is 6. The largest absolute Gasteiger partial charge is 0.488 e. The van der Waals surface area contributed by atoms with Gasteiger partial charge < -0.3 is 19.1 Å². The van der Waals surface area contributed by atoms with Gasteiger partial charge in [-0.1, -0.05) is 23.2 Å². The van der Waals surface area contributed by atoms with Crippen LogP contribution in [0.5, 0.6) is 5.75 Å². The van der Waals surface area contributed by atoms with E-state index in [0.717, 1.165) is 18.9 Å². The highest BCUT2D eigenvalue weighted by molar-refractivity contribution is 6.35. The van der Waals surface area contributed by atoms with Gasteiger partial charge in [0.2, 0.25) is 0 Å². The molecule has 0 radical (unpaired) electrons. The number of rotatable bonds is 6. The van der Waals surface area contributed by atoms with Crippen LogP contribution in [0, 0.1) is 0 Å². The van der Waals surface area contributed by atoms with Gasteiger partial charge >= 0.3 is 5.97 Å². The summed E-state index contributed by atoms with van der Waals surface area (Å²) in [5.41, 5.74) is 0.395. The third-order valence-corrected chi connectivity index (χ3v) is 4.32. The molecule has 0 bridgehead atoms. The lowest BCUT2D eigenvalue weighted by molar-refractivity contribution is 0.0450. The van der Waals surface area contributed by atoms with Gasteiger partial charge in [0.15, 0.2) is 0 Å². The van der Waals surface area contributed by atoms with Crippen molar-refractivity contribution in [3.05, 3.63) is 52.1 Å². The molecule has 1 saturated heterocycles. The lowest BCUT2D eigenvalue weighted by Gasteiger charge is -2.27. The summed E-state index contributed by atoms with van der Waals surface area (Å²) in [6, 6.07) is 8.45. The molecule has 0 N–H and O–H groups in total. The number of halogens is 2. The van der Waals surface area contributed by atoms with E-state index in [9.17, 15) is 4.79 Å². The molecule has 0 saturated carbocycles. The molecule has 0 aliphatic carbocycles. The van der Waals surface area contributed by atoms with Gasteiger partial charge in [0.05, 0.1) is 23.8 Å². The molecule has 3 rings (SSSR count). The number of hydrogen-bond donors (Lipinski definition) is 0. The standard InChI is InChI=1S/C18H18Cl2N2O4/c19-14-2-3-16(15(20)11-14)25-9-10-26-18(23)13-1-4-17(21-12-13)22-5-7-24-8-6-22/h1-4,11-12H,5-10H2. The van der Waals surface area contributed by atoms with E-state index in [1.807, 2.05) is 6.07 Å². The lowest BCUT2D eigenvalue weighted by atomic mass is 10.2. The topological polar surface area (TPSA) is 60.9 Å². The van der Waals surface area contributed by atoms with Gasteiger partial charge in [-0.15, -0.1) is 0 Å². The second-order valence-corrected chi connectivity index (χ2v) is 6.41. The fraction of sp³-hybridized carbons (Fsp3) is 0.333. The first-order valence-electron chi connectivity index (χ1n) is 8.17. The number of aromatic nitrogens is 1. The van der Waals surface area contributed by atoms with E-state index in [4.69, 9.17) is 37.4 Å². The van der Waals surface area contributed by atoms with Crippen molar-refractivity contribution in [3.63, 3.8) is 0 Å². The fourth-order valence-corrected chi connectivity index (χ4v) is 2.91. The Morgan fingerprint density at radius 1 is 1.15 bits per heavy atom. The van der Waals surface area contributed by atoms with Gasteiger partial charge in [-0.05, 0) is 30.3 Å². The van der Waals surface area contributed by atoms with Gasteiger partial charge in [0.25, 0.3) is 0 Å². The van der Waals surface area contributed by atoms with E-state index in [1.54, 1.807) is 24.3 Å². The van der Waals surface area contributed by atoms with Crippen LogP contribution in [0.3, 0.4) is 0 Å². The minimum atomic E-state index is -0.447. The maximum absolute atomic E-state index is 12.1. The normalized spacial score (nSPS) is 14.2. The van der Waals surface area contributed by atoms with Crippen LogP contribution < -0.4 is 9.64 Å². The monoisotopic (exact) mass is 396 g/mol. The Bertz CT molecular complexity index is 749. The summed E-state index contributed by atoms with van der Waals surface area (Å²) < 4.78 is 16.0. The van der Waals surface area contributed by atoms with Crippen molar-refractivity contribution in [1.29, 1.82) is 0 Å². The first-order valence-corrected chi connectivity index (χ1v) is 8.93. The van der Waals surface area contributed by atoms with Crippen molar-refractivity contribution in [2.45, 2.75) is 0 Å². The Labute approximate surface area is 161 Å². The lowest BCUT2D eigenvalue weighted by Crippen LogP contribution is -2.36. The number of morpholine rings is 1. The van der Waals surface area contributed by atoms with Crippen LogP contribution in [-0.2, 0) is 9.47 Å². The molecule has 8 heteroatoms. The molecule has 2 heterocycles. The van der Waals surface area contributed by atoms with Gasteiger partial charge in [0.1, 0.15) is 24.8 Å². The van der Waals surface area contributed by atoms with Crippen LogP contribution in [0.4, 0.5) is 5.82 Å². The Morgan fingerprint density at radius 2 is 1.96 bits per heavy atom. The number of carbonyl (C=O) groups is 1. The zero-order chi connectivity index (χ0) is 18.4. The predicted molar refractivity (Wildman–Crippen MR) is 99.5 cm³/mol. The van der Waals surface area contributed by atoms with E-state index < -0.39 is 5.97 Å². The Balaban J connectivity index is 1.45. The van der Waals surface area contributed by atoms with Gasteiger partial charge in [-0.2, -0.15) is 0 Å². The van der Waals surface area contributed by atoms with Gasteiger partial charge in [-0.25, -0.2) is 9.78 Å². The van der Waals surface area contributed by atoms with Crippen LogP contribution in [0.1, 0.15) is 10.4 Å². The van der Waals surface area contributed by atoms with Crippen LogP contribution in [0.25, 0.3) is 0 Å². The Kier molecular flexibility index (Phi) is 6.55. The average molecular weight is 397 g/mol. The predicted octanol–water partition coefficient (Wildman–Crippen LogP) is 3.46. The summed E-state index contributed by atoms with van der Waals surface area (Å²) in [5, 5.41) is 0.938. The van der Waals surface area contributed by atoms with E-state index in [2.05, 4.69) is 9.88 Å². The number of pyridine rings is 1. The van der Waals surface area contributed by atoms with Crippen molar-refractivity contribution in [1.82, 2.24) is 4.98 Å². The van der Waals surface area contributed by atoms with Crippen LogP contribution >= 0.6 is 23.2 Å². The molecular formula is C18H18Cl2N2O4. The number of ether oxygens (including phenoxy) is 3. The number of carbonyl (C=O) groups excluding carboxylic acids is 1. The molecule has 0 unspecified atom stereocenters. The summed E-state index contributed by atoms with van der Waals surface area (Å²) in [6.07, 6.45) is 1.52. The van der Waals surface area contributed by atoms with Crippen molar-refractivity contribution in [3.8, 4) is 5.75 Å².